The van der Waals surface area contributed by atoms with Gasteiger partial charge in [0.25, 0.3) is 0 Å². The van der Waals surface area contributed by atoms with Crippen molar-refractivity contribution in [3.63, 3.8) is 0 Å². The molecule has 0 unspecified atom stereocenters. The number of aromatic nitrogens is 1. The van der Waals surface area contributed by atoms with Crippen molar-refractivity contribution in [3.8, 4) is 5.75 Å². The van der Waals surface area contributed by atoms with Gasteiger partial charge in [-0.1, -0.05) is 0 Å². The van der Waals surface area contributed by atoms with Crippen molar-refractivity contribution in [2.24, 2.45) is 0 Å². The van der Waals surface area contributed by atoms with Gasteiger partial charge >= 0.3 is 0 Å². The summed E-state index contributed by atoms with van der Waals surface area (Å²) >= 11 is 0. The number of nitrogens with zero attached hydrogens (tertiary/aromatic N) is 3. The first-order valence-electron chi connectivity index (χ1n) is 7.50. The van der Waals surface area contributed by atoms with Crippen LogP contribution in [0.25, 0.3) is 0 Å². The van der Waals surface area contributed by atoms with Crippen LogP contribution in [0, 0.1) is 6.92 Å². The van der Waals surface area contributed by atoms with E-state index in [1.807, 2.05) is 0 Å². The lowest BCUT2D eigenvalue weighted by Crippen LogP contribution is -2.46. The first-order valence-corrected chi connectivity index (χ1v) is 7.50. The third kappa shape index (κ3) is 4.38. The fourth-order valence-electron chi connectivity index (χ4n) is 2.54. The second kappa shape index (κ2) is 7.70. The highest BCUT2D eigenvalue weighted by molar-refractivity contribution is 5.40. The Bertz CT molecular complexity index is 459. The minimum Gasteiger partial charge on any atom is -0.506 e. The van der Waals surface area contributed by atoms with Gasteiger partial charge in [-0.25, -0.2) is 0 Å². The SMILES string of the molecule is Cc1ncc(CO)c(CNCCN2CCN(C)CC2)c1O. The number of likely N-dealkylation sites (N-methyl/N-ethyl adjacent to an activating group) is 1. The van der Waals surface area contributed by atoms with Crippen LogP contribution < -0.4 is 5.32 Å². The molecule has 6 nitrogen and oxygen atoms in total. The molecule has 0 spiro atoms. The Hall–Kier alpha value is -1.21. The van der Waals surface area contributed by atoms with E-state index >= 15 is 0 Å². The van der Waals surface area contributed by atoms with Gasteiger partial charge in [-0.05, 0) is 14.0 Å². The summed E-state index contributed by atoms with van der Waals surface area (Å²) in [7, 11) is 2.15. The molecule has 2 rings (SSSR count). The Balaban J connectivity index is 1.79. The molecule has 0 bridgehead atoms. The van der Waals surface area contributed by atoms with E-state index in [2.05, 4.69) is 27.1 Å². The monoisotopic (exact) mass is 294 g/mol. The number of rotatable bonds is 6. The molecule has 1 fully saturated rings. The fourth-order valence-corrected chi connectivity index (χ4v) is 2.54. The average molecular weight is 294 g/mol. The molecule has 0 saturated carbocycles. The summed E-state index contributed by atoms with van der Waals surface area (Å²) in [5, 5.41) is 22.7. The van der Waals surface area contributed by atoms with Crippen LogP contribution in [0.5, 0.6) is 5.75 Å². The molecule has 0 radical (unpaired) electrons. The summed E-state index contributed by atoms with van der Waals surface area (Å²) in [6.45, 7) is 8.57. The molecule has 6 heteroatoms. The Morgan fingerprint density at radius 1 is 1.29 bits per heavy atom. The third-order valence-corrected chi connectivity index (χ3v) is 4.10. The molecule has 1 aliphatic rings. The first kappa shape index (κ1) is 16.2. The summed E-state index contributed by atoms with van der Waals surface area (Å²) in [4.78, 5) is 8.85. The van der Waals surface area contributed by atoms with E-state index in [0.717, 1.165) is 44.8 Å². The van der Waals surface area contributed by atoms with E-state index in [0.29, 0.717) is 17.8 Å². The highest BCUT2D eigenvalue weighted by Gasteiger charge is 2.14. The fraction of sp³-hybridized carbons (Fsp3) is 0.667. The Morgan fingerprint density at radius 2 is 2.00 bits per heavy atom. The molecule has 3 N–H and O–H groups in total. The standard InChI is InChI=1S/C15H26N4O2/c1-12-15(21)14(13(11-20)9-17-12)10-16-3-4-19-7-5-18(2)6-8-19/h9,16,20-21H,3-8,10-11H2,1-2H3. The summed E-state index contributed by atoms with van der Waals surface area (Å²) in [5.74, 6) is 0.189. The normalized spacial score (nSPS) is 17.3. The van der Waals surface area contributed by atoms with Crippen LogP contribution in [0.4, 0.5) is 0 Å². The minimum absolute atomic E-state index is 0.101. The van der Waals surface area contributed by atoms with Crippen LogP contribution >= 0.6 is 0 Å². The van der Waals surface area contributed by atoms with Crippen LogP contribution in [0.1, 0.15) is 16.8 Å². The summed E-state index contributed by atoms with van der Waals surface area (Å²) in [6.07, 6.45) is 1.63. The maximum atomic E-state index is 10.1. The molecule has 1 saturated heterocycles. The van der Waals surface area contributed by atoms with Crippen molar-refractivity contribution >= 4 is 0 Å². The van der Waals surface area contributed by atoms with Crippen LogP contribution in [0.3, 0.4) is 0 Å². The number of piperazine rings is 1. The number of pyridine rings is 1. The Kier molecular flexibility index (Phi) is 5.93. The van der Waals surface area contributed by atoms with E-state index in [9.17, 15) is 10.2 Å². The topological polar surface area (TPSA) is 71.9 Å². The van der Waals surface area contributed by atoms with E-state index < -0.39 is 0 Å². The minimum atomic E-state index is -0.101. The molecule has 0 amide bonds. The lowest BCUT2D eigenvalue weighted by molar-refractivity contribution is 0.154. The van der Waals surface area contributed by atoms with Crippen molar-refractivity contribution < 1.29 is 10.2 Å². The van der Waals surface area contributed by atoms with Gasteiger partial charge in [-0.15, -0.1) is 0 Å². The molecule has 1 aromatic rings. The molecule has 0 aliphatic carbocycles. The predicted octanol–water partition coefficient (Wildman–Crippen LogP) is -0.0751. The van der Waals surface area contributed by atoms with Gasteiger partial charge < -0.3 is 20.4 Å². The summed E-state index contributed by atoms with van der Waals surface area (Å²) in [5.41, 5.74) is 2.04. The molecule has 2 heterocycles. The maximum absolute atomic E-state index is 10.1. The highest BCUT2D eigenvalue weighted by Crippen LogP contribution is 2.23. The molecular formula is C15H26N4O2. The molecule has 0 aromatic carbocycles. The quantitative estimate of drug-likeness (QED) is 0.638. The molecular weight excluding hydrogens is 268 g/mol. The van der Waals surface area contributed by atoms with Crippen LogP contribution in [0.2, 0.25) is 0 Å². The zero-order valence-corrected chi connectivity index (χ0v) is 13.0. The van der Waals surface area contributed by atoms with E-state index in [1.165, 1.54) is 0 Å². The van der Waals surface area contributed by atoms with E-state index in [1.54, 1.807) is 13.1 Å². The van der Waals surface area contributed by atoms with Gasteiger partial charge in [-0.3, -0.25) is 9.88 Å². The molecule has 118 valence electrons. The molecule has 1 aromatic heterocycles. The van der Waals surface area contributed by atoms with Gasteiger partial charge in [0.2, 0.25) is 0 Å². The number of aliphatic hydroxyl groups is 1. The average Bonchev–Trinajstić information content (AvgIpc) is 2.49. The molecule has 1 aliphatic heterocycles. The van der Waals surface area contributed by atoms with Crippen LogP contribution in [-0.4, -0.2) is 71.3 Å². The van der Waals surface area contributed by atoms with Gasteiger partial charge in [0, 0.05) is 63.1 Å². The number of aliphatic hydroxyl groups excluding tert-OH is 1. The molecule has 0 atom stereocenters. The Labute approximate surface area is 126 Å². The second-order valence-corrected chi connectivity index (χ2v) is 5.68. The van der Waals surface area contributed by atoms with Gasteiger partial charge in [0.05, 0.1) is 12.3 Å². The van der Waals surface area contributed by atoms with Crippen LogP contribution in [-0.2, 0) is 13.2 Å². The van der Waals surface area contributed by atoms with Crippen molar-refractivity contribution in [1.29, 1.82) is 0 Å². The number of aromatic hydroxyl groups is 1. The van der Waals surface area contributed by atoms with E-state index in [-0.39, 0.29) is 12.4 Å². The highest BCUT2D eigenvalue weighted by atomic mass is 16.3. The van der Waals surface area contributed by atoms with Crippen molar-refractivity contribution in [1.82, 2.24) is 20.1 Å². The van der Waals surface area contributed by atoms with Gasteiger partial charge in [-0.2, -0.15) is 0 Å². The van der Waals surface area contributed by atoms with Crippen LogP contribution in [0.15, 0.2) is 6.20 Å². The largest absolute Gasteiger partial charge is 0.506 e. The summed E-state index contributed by atoms with van der Waals surface area (Å²) in [6, 6.07) is 0. The number of hydrogen-bond acceptors (Lipinski definition) is 6. The zero-order valence-electron chi connectivity index (χ0n) is 13.0. The van der Waals surface area contributed by atoms with Crippen molar-refractivity contribution in [2.45, 2.75) is 20.1 Å². The van der Waals surface area contributed by atoms with Gasteiger partial charge in [0.1, 0.15) is 5.75 Å². The number of aryl methyl sites for hydroxylation is 1. The lowest BCUT2D eigenvalue weighted by atomic mass is 10.1. The number of hydrogen-bond donors (Lipinski definition) is 3. The molecule has 21 heavy (non-hydrogen) atoms. The maximum Gasteiger partial charge on any atom is 0.141 e. The van der Waals surface area contributed by atoms with Crippen molar-refractivity contribution in [3.05, 3.63) is 23.0 Å². The third-order valence-electron chi connectivity index (χ3n) is 4.10. The predicted molar refractivity (Wildman–Crippen MR) is 82.2 cm³/mol. The number of nitrogens with one attached hydrogen (secondary N) is 1. The smallest absolute Gasteiger partial charge is 0.141 e. The first-order chi connectivity index (χ1) is 10.1. The second-order valence-electron chi connectivity index (χ2n) is 5.68. The summed E-state index contributed by atoms with van der Waals surface area (Å²) < 4.78 is 0. The van der Waals surface area contributed by atoms with E-state index in [4.69, 9.17) is 0 Å². The van der Waals surface area contributed by atoms with Crippen molar-refractivity contribution in [2.75, 3.05) is 46.3 Å². The van der Waals surface area contributed by atoms with Gasteiger partial charge in [0.15, 0.2) is 0 Å². The Morgan fingerprint density at radius 3 is 2.67 bits per heavy atom. The zero-order chi connectivity index (χ0) is 15.2. The lowest BCUT2D eigenvalue weighted by Gasteiger charge is -2.32.